The summed E-state index contributed by atoms with van der Waals surface area (Å²) in [7, 11) is 1.61. The van der Waals surface area contributed by atoms with Gasteiger partial charge in [0.1, 0.15) is 29.5 Å². The van der Waals surface area contributed by atoms with Gasteiger partial charge in [-0.25, -0.2) is 4.98 Å². The van der Waals surface area contributed by atoms with E-state index in [2.05, 4.69) is 28.2 Å². The summed E-state index contributed by atoms with van der Waals surface area (Å²) in [6, 6.07) is 15.0. The van der Waals surface area contributed by atoms with E-state index in [0.717, 1.165) is 22.2 Å². The molecule has 0 saturated heterocycles. The highest BCUT2D eigenvalue weighted by atomic mass is 16.5. The molecule has 0 atom stereocenters. The third kappa shape index (κ3) is 3.85. The van der Waals surface area contributed by atoms with E-state index in [-0.39, 0.29) is 11.6 Å². The summed E-state index contributed by atoms with van der Waals surface area (Å²) >= 11 is 0. The molecular formula is C24H20N6O2. The Balaban J connectivity index is 1.62. The van der Waals surface area contributed by atoms with Gasteiger partial charge in [0.05, 0.1) is 24.4 Å². The average Bonchev–Trinajstić information content (AvgIpc) is 3.38. The average molecular weight is 424 g/mol. The number of anilines is 1. The Labute approximate surface area is 184 Å². The molecule has 0 saturated carbocycles. The number of ether oxygens (including phenoxy) is 1. The zero-order valence-corrected chi connectivity index (χ0v) is 17.6. The fraction of sp³-hybridized carbons (Fsp3) is 0.125. The molecule has 2 aromatic carbocycles. The van der Waals surface area contributed by atoms with Crippen LogP contribution in [0.3, 0.4) is 0 Å². The Bertz CT molecular complexity index is 1410. The number of aromatic nitrogens is 3. The molecule has 0 fully saturated rings. The first-order chi connectivity index (χ1) is 15.5. The van der Waals surface area contributed by atoms with E-state index in [1.165, 1.54) is 17.2 Å². The third-order valence-corrected chi connectivity index (χ3v) is 5.00. The Kier molecular flexibility index (Phi) is 5.52. The van der Waals surface area contributed by atoms with Crippen molar-refractivity contribution in [2.45, 2.75) is 13.5 Å². The second kappa shape index (κ2) is 8.58. The van der Waals surface area contributed by atoms with Crippen LogP contribution >= 0.6 is 0 Å². The lowest BCUT2D eigenvalue weighted by Crippen LogP contribution is -2.12. The van der Waals surface area contributed by atoms with Crippen molar-refractivity contribution in [2.75, 3.05) is 18.3 Å². The lowest BCUT2D eigenvalue weighted by atomic mass is 10.1. The van der Waals surface area contributed by atoms with Crippen LogP contribution < -0.4 is 15.9 Å². The highest BCUT2D eigenvalue weighted by Gasteiger charge is 2.15. The van der Waals surface area contributed by atoms with Crippen molar-refractivity contribution in [3.63, 3.8) is 0 Å². The van der Waals surface area contributed by atoms with E-state index < -0.39 is 0 Å². The van der Waals surface area contributed by atoms with Crippen LogP contribution in [0.4, 0.5) is 5.69 Å². The van der Waals surface area contributed by atoms with Crippen molar-refractivity contribution in [2.24, 2.45) is 0 Å². The number of methoxy groups -OCH3 is 1. The first-order valence-corrected chi connectivity index (χ1v) is 9.87. The van der Waals surface area contributed by atoms with Gasteiger partial charge in [-0.2, -0.15) is 5.26 Å². The smallest absolute Gasteiger partial charge is 0.275 e. The maximum absolute atomic E-state index is 12.2. The minimum atomic E-state index is -0.352. The van der Waals surface area contributed by atoms with Crippen LogP contribution in [-0.4, -0.2) is 27.2 Å². The fourth-order valence-corrected chi connectivity index (χ4v) is 3.45. The van der Waals surface area contributed by atoms with Gasteiger partial charge in [-0.3, -0.25) is 9.47 Å². The number of carbonyl (C=O) groups excluding carboxylic acids is 1. The lowest BCUT2D eigenvalue weighted by Gasteiger charge is -2.05. The van der Waals surface area contributed by atoms with E-state index in [1.807, 2.05) is 29.7 Å². The van der Waals surface area contributed by atoms with Gasteiger partial charge in [0.2, 0.25) is 0 Å². The molecule has 3 N–H and O–H groups in total. The van der Waals surface area contributed by atoms with Crippen LogP contribution in [0.2, 0.25) is 0 Å². The van der Waals surface area contributed by atoms with Gasteiger partial charge < -0.3 is 20.5 Å². The number of hydrogen-bond acceptors (Lipinski definition) is 5. The number of nitrogen functional groups attached to an aromatic ring is 1. The molecule has 8 heteroatoms. The van der Waals surface area contributed by atoms with E-state index in [1.54, 1.807) is 31.4 Å². The minimum absolute atomic E-state index is 0.226. The number of nitrogens with two attached hydrogens (primary N) is 1. The molecule has 0 aliphatic rings. The van der Waals surface area contributed by atoms with Crippen molar-refractivity contribution in [1.29, 1.82) is 5.26 Å². The van der Waals surface area contributed by atoms with Gasteiger partial charge in [-0.05, 0) is 49.2 Å². The summed E-state index contributed by atoms with van der Waals surface area (Å²) in [4.78, 5) is 16.1. The summed E-state index contributed by atoms with van der Waals surface area (Å²) in [5, 5.41) is 13.4. The number of aryl methyl sites for hydroxylation is 1. The first-order valence-electron chi connectivity index (χ1n) is 9.87. The van der Waals surface area contributed by atoms with Crippen LogP contribution in [0.15, 0.2) is 55.0 Å². The molecule has 0 spiro atoms. The number of imidazole rings is 1. The van der Waals surface area contributed by atoms with Gasteiger partial charge in [0.25, 0.3) is 5.91 Å². The molecule has 0 aliphatic heterocycles. The summed E-state index contributed by atoms with van der Waals surface area (Å²) in [5.41, 5.74) is 3.70. The van der Waals surface area contributed by atoms with Crippen LogP contribution in [0.5, 0.6) is 5.75 Å². The quantitative estimate of drug-likeness (QED) is 0.386. The topological polar surface area (TPSA) is 111 Å². The molecule has 8 nitrogen and oxygen atoms in total. The fourth-order valence-electron chi connectivity index (χ4n) is 3.45. The molecular weight excluding hydrogens is 404 g/mol. The number of hydrogen-bond donors (Lipinski definition) is 2. The zero-order valence-electron chi connectivity index (χ0n) is 17.6. The molecule has 2 heterocycles. The molecule has 0 aliphatic carbocycles. The molecule has 1 amide bonds. The number of rotatable bonds is 4. The van der Waals surface area contributed by atoms with Crippen molar-refractivity contribution in [3.05, 3.63) is 77.5 Å². The molecule has 2 aromatic heterocycles. The van der Waals surface area contributed by atoms with Crippen LogP contribution in [-0.2, 0) is 6.54 Å². The zero-order chi connectivity index (χ0) is 22.7. The number of benzene rings is 2. The van der Waals surface area contributed by atoms with E-state index in [4.69, 9.17) is 10.6 Å². The van der Waals surface area contributed by atoms with Gasteiger partial charge >= 0.3 is 0 Å². The number of nitrogens with zero attached hydrogens (tertiary/aromatic N) is 4. The van der Waals surface area contributed by atoms with E-state index >= 15 is 0 Å². The van der Waals surface area contributed by atoms with Gasteiger partial charge in [0, 0.05) is 29.2 Å². The number of nitriles is 1. The van der Waals surface area contributed by atoms with Gasteiger partial charge in [0.15, 0.2) is 0 Å². The third-order valence-electron chi connectivity index (χ3n) is 5.00. The number of nitrogens with one attached hydrogen (secondary N) is 1. The van der Waals surface area contributed by atoms with Crippen molar-refractivity contribution in [1.82, 2.24) is 14.2 Å². The van der Waals surface area contributed by atoms with Crippen LogP contribution in [0.25, 0.3) is 10.9 Å². The van der Waals surface area contributed by atoms with Crippen molar-refractivity contribution >= 4 is 22.5 Å². The summed E-state index contributed by atoms with van der Waals surface area (Å²) in [5.74, 6) is 12.2. The van der Waals surface area contributed by atoms with Crippen LogP contribution in [0.1, 0.15) is 34.2 Å². The Hall–Kier alpha value is -4.69. The molecule has 0 radical (unpaired) electrons. The highest BCUT2D eigenvalue weighted by molar-refractivity contribution is 6.02. The molecule has 0 bridgehead atoms. The predicted octanol–water partition coefficient (Wildman–Crippen LogP) is 3.10. The maximum Gasteiger partial charge on any atom is 0.275 e. The Morgan fingerprint density at radius 3 is 2.62 bits per heavy atom. The van der Waals surface area contributed by atoms with Crippen molar-refractivity contribution < 1.29 is 9.53 Å². The molecule has 4 aromatic rings. The number of amides is 1. The minimum Gasteiger partial charge on any atom is -0.497 e. The van der Waals surface area contributed by atoms with E-state index in [0.29, 0.717) is 23.5 Å². The molecule has 4 rings (SSSR count). The number of fused-ring (bicyclic) bond motifs is 1. The highest BCUT2D eigenvalue weighted by Crippen LogP contribution is 2.29. The maximum atomic E-state index is 12.2. The largest absolute Gasteiger partial charge is 0.497 e. The van der Waals surface area contributed by atoms with Crippen LogP contribution in [0, 0.1) is 23.2 Å². The number of carbonyl (C=O) groups is 1. The molecule has 0 unspecified atom stereocenters. The normalized spacial score (nSPS) is 10.3. The SMILES string of the molecule is CCn1c(C#Cc2ccc(NC(=O)c3cn(N)cn3)cc2)c(C#N)c2ccc(OC)cc21. The van der Waals surface area contributed by atoms with E-state index in [9.17, 15) is 10.1 Å². The van der Waals surface area contributed by atoms with Crippen molar-refractivity contribution in [3.8, 4) is 23.7 Å². The summed E-state index contributed by atoms with van der Waals surface area (Å²) < 4.78 is 8.55. The lowest BCUT2D eigenvalue weighted by molar-refractivity contribution is 0.102. The molecule has 158 valence electrons. The Morgan fingerprint density at radius 2 is 2.00 bits per heavy atom. The monoisotopic (exact) mass is 424 g/mol. The standard InChI is InChI=1S/C24H20N6O2/c1-3-30-22(20(13-25)19-10-9-18(32-2)12-23(19)30)11-6-16-4-7-17(8-5-16)28-24(31)21-14-29(26)15-27-21/h4-5,7-10,12,14-15H,3,26H2,1-2H3,(H,28,31). The summed E-state index contributed by atoms with van der Waals surface area (Å²) in [6.07, 6.45) is 2.79. The first kappa shape index (κ1) is 20.6. The van der Waals surface area contributed by atoms with Gasteiger partial charge in [-0.1, -0.05) is 5.92 Å². The summed E-state index contributed by atoms with van der Waals surface area (Å²) in [6.45, 7) is 2.68. The van der Waals surface area contributed by atoms with Gasteiger partial charge in [-0.15, -0.1) is 0 Å². The second-order valence-electron chi connectivity index (χ2n) is 6.95. The molecule has 32 heavy (non-hydrogen) atoms. The Morgan fingerprint density at radius 1 is 1.22 bits per heavy atom. The second-order valence-corrected chi connectivity index (χ2v) is 6.95. The predicted molar refractivity (Wildman–Crippen MR) is 122 cm³/mol.